The van der Waals surface area contributed by atoms with Gasteiger partial charge < -0.3 is 14.6 Å². The summed E-state index contributed by atoms with van der Waals surface area (Å²) in [6, 6.07) is 5.77. The molecule has 0 aliphatic rings. The van der Waals surface area contributed by atoms with Gasteiger partial charge in [0.05, 0.1) is 13.7 Å². The fourth-order valence-electron chi connectivity index (χ4n) is 1.44. The third kappa shape index (κ3) is 1.33. The largest absolute Gasteiger partial charge is 0.494 e. The van der Waals surface area contributed by atoms with Crippen molar-refractivity contribution >= 4 is 10.9 Å². The van der Waals surface area contributed by atoms with Gasteiger partial charge in [0.15, 0.2) is 11.3 Å². The van der Waals surface area contributed by atoms with Gasteiger partial charge in [-0.05, 0) is 19.2 Å². The Morgan fingerprint density at radius 1 is 1.50 bits per heavy atom. The van der Waals surface area contributed by atoms with Gasteiger partial charge in [-0.1, -0.05) is 11.2 Å². The number of benzene rings is 1. The summed E-state index contributed by atoms with van der Waals surface area (Å²) in [5.41, 5.74) is 0.778. The van der Waals surface area contributed by atoms with Crippen molar-refractivity contribution in [2.45, 2.75) is 6.54 Å². The summed E-state index contributed by atoms with van der Waals surface area (Å²) < 4.78 is 10.4. The zero-order valence-electron chi connectivity index (χ0n) is 8.20. The molecule has 1 heterocycles. The van der Waals surface area contributed by atoms with Crippen molar-refractivity contribution in [1.82, 2.24) is 10.5 Å². The van der Waals surface area contributed by atoms with Crippen molar-refractivity contribution in [3.05, 3.63) is 24.0 Å². The lowest BCUT2D eigenvalue weighted by molar-refractivity contribution is 0.378. The second-order valence-corrected chi connectivity index (χ2v) is 2.99. The Hall–Kier alpha value is -1.55. The number of ether oxygens (including phenoxy) is 1. The molecule has 74 valence electrons. The highest BCUT2D eigenvalue weighted by atomic mass is 16.5. The highest BCUT2D eigenvalue weighted by molar-refractivity contribution is 5.85. The molecule has 0 spiro atoms. The maximum atomic E-state index is 5.21. The monoisotopic (exact) mass is 192 g/mol. The summed E-state index contributed by atoms with van der Waals surface area (Å²) in [5.74, 6) is 1.58. The number of rotatable bonds is 3. The molecule has 0 unspecified atom stereocenters. The average molecular weight is 192 g/mol. The molecule has 1 N–H and O–H groups in total. The highest BCUT2D eigenvalue weighted by Crippen LogP contribution is 2.26. The minimum Gasteiger partial charge on any atom is -0.494 e. The van der Waals surface area contributed by atoms with Crippen LogP contribution in [0.3, 0.4) is 0 Å². The van der Waals surface area contributed by atoms with E-state index in [0.29, 0.717) is 6.54 Å². The van der Waals surface area contributed by atoms with Crippen LogP contribution in [-0.2, 0) is 6.54 Å². The lowest BCUT2D eigenvalue weighted by atomic mass is 10.2. The third-order valence-corrected chi connectivity index (χ3v) is 2.10. The van der Waals surface area contributed by atoms with E-state index in [2.05, 4.69) is 10.5 Å². The quantitative estimate of drug-likeness (QED) is 0.801. The van der Waals surface area contributed by atoms with Gasteiger partial charge in [0.2, 0.25) is 0 Å². The number of methoxy groups -OCH3 is 1. The number of nitrogens with zero attached hydrogens (tertiary/aromatic N) is 1. The van der Waals surface area contributed by atoms with Gasteiger partial charge in [-0.15, -0.1) is 0 Å². The van der Waals surface area contributed by atoms with E-state index in [9.17, 15) is 0 Å². The first kappa shape index (κ1) is 9.02. The molecular weight excluding hydrogens is 180 g/mol. The molecule has 4 nitrogen and oxygen atoms in total. The lowest BCUT2D eigenvalue weighted by Crippen LogP contribution is -2.03. The van der Waals surface area contributed by atoms with Crippen LogP contribution in [0.2, 0.25) is 0 Å². The van der Waals surface area contributed by atoms with E-state index < -0.39 is 0 Å². The summed E-state index contributed by atoms with van der Waals surface area (Å²) in [5, 5.41) is 7.99. The van der Waals surface area contributed by atoms with Crippen molar-refractivity contribution in [3.8, 4) is 5.75 Å². The molecule has 0 saturated heterocycles. The van der Waals surface area contributed by atoms with Gasteiger partial charge in [0.25, 0.3) is 0 Å². The van der Waals surface area contributed by atoms with Gasteiger partial charge in [-0.3, -0.25) is 0 Å². The van der Waals surface area contributed by atoms with Gasteiger partial charge >= 0.3 is 0 Å². The first-order valence-corrected chi connectivity index (χ1v) is 4.42. The van der Waals surface area contributed by atoms with Crippen LogP contribution in [0.15, 0.2) is 22.7 Å². The molecule has 1 aromatic heterocycles. The third-order valence-electron chi connectivity index (χ3n) is 2.10. The van der Waals surface area contributed by atoms with Crippen LogP contribution in [0.4, 0.5) is 0 Å². The summed E-state index contributed by atoms with van der Waals surface area (Å²) in [6.45, 7) is 0.670. The number of nitrogens with one attached hydrogen (secondary N) is 1. The van der Waals surface area contributed by atoms with Crippen LogP contribution in [0.25, 0.3) is 10.9 Å². The summed E-state index contributed by atoms with van der Waals surface area (Å²) in [4.78, 5) is 0. The van der Waals surface area contributed by atoms with Gasteiger partial charge in [-0.2, -0.15) is 0 Å². The Kier molecular flexibility index (Phi) is 2.37. The average Bonchev–Trinajstić information content (AvgIpc) is 2.62. The molecule has 2 aromatic rings. The fourth-order valence-corrected chi connectivity index (χ4v) is 1.44. The van der Waals surface area contributed by atoms with Gasteiger partial charge in [0.1, 0.15) is 5.75 Å². The fraction of sp³-hybridized carbons (Fsp3) is 0.300. The molecule has 0 aliphatic carbocycles. The topological polar surface area (TPSA) is 47.3 Å². The SMILES string of the molecule is CNCc1onc2c(OC)cccc12. The second kappa shape index (κ2) is 3.67. The van der Waals surface area contributed by atoms with Crippen molar-refractivity contribution in [2.24, 2.45) is 0 Å². The summed E-state index contributed by atoms with van der Waals surface area (Å²) in [7, 11) is 3.50. The molecule has 0 radical (unpaired) electrons. The number of hydrogen-bond acceptors (Lipinski definition) is 4. The first-order chi connectivity index (χ1) is 6.86. The van der Waals surface area contributed by atoms with Crippen LogP contribution in [0.5, 0.6) is 5.75 Å². The van der Waals surface area contributed by atoms with Crippen molar-refractivity contribution < 1.29 is 9.26 Å². The molecule has 14 heavy (non-hydrogen) atoms. The Labute approximate surface area is 81.8 Å². The van der Waals surface area contributed by atoms with E-state index in [1.54, 1.807) is 7.11 Å². The van der Waals surface area contributed by atoms with Gasteiger partial charge in [-0.25, -0.2) is 0 Å². The molecule has 0 saturated carbocycles. The molecule has 0 fully saturated rings. The van der Waals surface area contributed by atoms with E-state index >= 15 is 0 Å². The normalized spacial score (nSPS) is 10.7. The number of hydrogen-bond donors (Lipinski definition) is 1. The molecular formula is C10H12N2O2. The zero-order valence-corrected chi connectivity index (χ0v) is 8.20. The Morgan fingerprint density at radius 2 is 2.36 bits per heavy atom. The highest BCUT2D eigenvalue weighted by Gasteiger charge is 2.10. The maximum absolute atomic E-state index is 5.21. The molecule has 0 bridgehead atoms. The zero-order chi connectivity index (χ0) is 9.97. The first-order valence-electron chi connectivity index (χ1n) is 4.42. The molecule has 0 aliphatic heterocycles. The molecule has 0 atom stereocenters. The summed E-state index contributed by atoms with van der Waals surface area (Å²) in [6.07, 6.45) is 0. The van der Waals surface area contributed by atoms with Crippen molar-refractivity contribution in [3.63, 3.8) is 0 Å². The minimum atomic E-state index is 0.670. The van der Waals surface area contributed by atoms with Gasteiger partial charge in [0, 0.05) is 5.39 Å². The molecule has 1 aromatic carbocycles. The van der Waals surface area contributed by atoms with Crippen LogP contribution < -0.4 is 10.1 Å². The minimum absolute atomic E-state index is 0.670. The molecule has 4 heteroatoms. The second-order valence-electron chi connectivity index (χ2n) is 2.99. The van der Waals surface area contributed by atoms with E-state index in [1.165, 1.54) is 0 Å². The maximum Gasteiger partial charge on any atom is 0.158 e. The summed E-state index contributed by atoms with van der Waals surface area (Å²) >= 11 is 0. The van der Waals surface area contributed by atoms with Crippen LogP contribution in [0, 0.1) is 0 Å². The van der Waals surface area contributed by atoms with Crippen molar-refractivity contribution in [2.75, 3.05) is 14.2 Å². The number of fused-ring (bicyclic) bond motifs is 1. The number of aromatic nitrogens is 1. The predicted molar refractivity (Wildman–Crippen MR) is 53.3 cm³/mol. The smallest absolute Gasteiger partial charge is 0.158 e. The lowest BCUT2D eigenvalue weighted by Gasteiger charge is -1.98. The van der Waals surface area contributed by atoms with E-state index in [4.69, 9.17) is 9.26 Å². The molecule has 2 rings (SSSR count). The Balaban J connectivity index is 2.57. The van der Waals surface area contributed by atoms with Crippen molar-refractivity contribution in [1.29, 1.82) is 0 Å². The van der Waals surface area contributed by atoms with Crippen LogP contribution in [0.1, 0.15) is 5.76 Å². The molecule has 0 amide bonds. The Bertz CT molecular complexity index is 437. The van der Waals surface area contributed by atoms with Crippen LogP contribution in [-0.4, -0.2) is 19.3 Å². The van der Waals surface area contributed by atoms with Crippen LogP contribution >= 0.6 is 0 Å². The van der Waals surface area contributed by atoms with E-state index in [0.717, 1.165) is 22.4 Å². The standard InChI is InChI=1S/C10H12N2O2/c1-11-6-9-7-4-3-5-8(13-2)10(7)12-14-9/h3-5,11H,6H2,1-2H3. The van der Waals surface area contributed by atoms with E-state index in [-0.39, 0.29) is 0 Å². The predicted octanol–water partition coefficient (Wildman–Crippen LogP) is 1.56. The van der Waals surface area contributed by atoms with E-state index in [1.807, 2.05) is 25.2 Å². The Morgan fingerprint density at radius 3 is 3.07 bits per heavy atom.